The van der Waals surface area contributed by atoms with Gasteiger partial charge in [-0.1, -0.05) is 60.1 Å². The van der Waals surface area contributed by atoms with Crippen LogP contribution in [0, 0.1) is 49.7 Å². The van der Waals surface area contributed by atoms with E-state index in [1.807, 2.05) is 6.92 Å². The van der Waals surface area contributed by atoms with Crippen LogP contribution >= 0.6 is 0 Å². The fourth-order valence-corrected chi connectivity index (χ4v) is 18.4. The Labute approximate surface area is 506 Å². The topological polar surface area (TPSA) is 433 Å². The normalized spacial score (nSPS) is 55.1. The number of esters is 1. The number of ether oxygens (including phenoxy) is 10. The van der Waals surface area contributed by atoms with E-state index >= 15 is 4.79 Å². The standard InChI is InChI=1S/C60H98O27/c1-25-34(65)38(69)42(73)49(80-25)85-46-28(20-62)82-48(45(76)41(46)72)79-22-29-37(68)40(71)44(75)51(83-29)87-53(77)60-17-15-54(2,3)23-59(60,8)32-10-9-31-55(4)13-12-33(56(5,24-63)30(55)11-14-57(31,6)58(32,7)16-18-60)84-52-47(35(66)26(64)21-78-52)86-50-43(74)39(70)36(67)27(19-61)81-50/h10,25-31,33-52,61-76H,9,11-24H2,1-8H3. The first-order valence-electron chi connectivity index (χ1n) is 31.1. The summed E-state index contributed by atoms with van der Waals surface area (Å²) in [5.41, 5.74) is -3.07. The molecule has 5 heterocycles. The Kier molecular flexibility index (Phi) is 19.4. The van der Waals surface area contributed by atoms with Crippen molar-refractivity contribution in [2.75, 3.05) is 33.0 Å². The largest absolute Gasteiger partial charge is 0.432 e. The van der Waals surface area contributed by atoms with Crippen LogP contribution in [0.1, 0.15) is 120 Å². The maximum Gasteiger partial charge on any atom is 0.315 e. The lowest BCUT2D eigenvalue weighted by Gasteiger charge is -2.73. The second-order valence-electron chi connectivity index (χ2n) is 29.1. The molecule has 0 aromatic heterocycles. The van der Waals surface area contributed by atoms with Gasteiger partial charge in [-0.15, -0.1) is 0 Å². The first-order chi connectivity index (χ1) is 40.7. The lowest BCUT2D eigenvalue weighted by Crippen LogP contribution is -2.68. The van der Waals surface area contributed by atoms with Gasteiger partial charge in [-0.05, 0) is 105 Å². The number of aliphatic hydroxyl groups excluding tert-OH is 16. The minimum atomic E-state index is -1.92. The zero-order chi connectivity index (χ0) is 63.6. The van der Waals surface area contributed by atoms with Gasteiger partial charge in [0.25, 0.3) is 0 Å². The summed E-state index contributed by atoms with van der Waals surface area (Å²) in [4.78, 5) is 15.4. The molecule has 27 heteroatoms. The van der Waals surface area contributed by atoms with Crippen molar-refractivity contribution in [3.63, 3.8) is 0 Å². The van der Waals surface area contributed by atoms with Gasteiger partial charge in [0.15, 0.2) is 25.2 Å². The Balaban J connectivity index is 0.846. The van der Waals surface area contributed by atoms with Gasteiger partial charge in [0.2, 0.25) is 6.29 Å². The molecular formula is C60H98O27. The van der Waals surface area contributed by atoms with Crippen LogP contribution in [-0.2, 0) is 52.2 Å². The molecule has 0 amide bonds. The number of hydrogen-bond donors (Lipinski definition) is 16. The van der Waals surface area contributed by atoms with Crippen molar-refractivity contribution < 1.29 is 134 Å². The highest BCUT2D eigenvalue weighted by atomic mass is 16.8. The number of carbonyl (C=O) groups is 1. The van der Waals surface area contributed by atoms with Crippen LogP contribution in [0.3, 0.4) is 0 Å². The van der Waals surface area contributed by atoms with Gasteiger partial charge in [-0.3, -0.25) is 4.79 Å². The number of aliphatic hydroxyl groups is 16. The highest BCUT2D eigenvalue weighted by Crippen LogP contribution is 2.78. The van der Waals surface area contributed by atoms with Crippen LogP contribution < -0.4 is 0 Å². The van der Waals surface area contributed by atoms with Gasteiger partial charge in [-0.25, -0.2) is 0 Å². The van der Waals surface area contributed by atoms with E-state index in [2.05, 4.69) is 47.6 Å². The number of rotatable bonds is 14. The summed E-state index contributed by atoms with van der Waals surface area (Å²) in [5.74, 6) is -0.665. The summed E-state index contributed by atoms with van der Waals surface area (Å²) in [6.45, 7) is 14.1. The third kappa shape index (κ3) is 11.1. The van der Waals surface area contributed by atoms with Gasteiger partial charge in [-0.2, -0.15) is 0 Å². The zero-order valence-corrected chi connectivity index (χ0v) is 50.9. The Morgan fingerprint density at radius 3 is 1.77 bits per heavy atom. The lowest BCUT2D eigenvalue weighted by atomic mass is 9.31. The molecule has 16 N–H and O–H groups in total. The van der Waals surface area contributed by atoms with Crippen LogP contribution in [0.5, 0.6) is 0 Å². The number of fused-ring (bicyclic) bond motifs is 7. The molecule has 500 valence electrons. The monoisotopic (exact) mass is 1250 g/mol. The van der Waals surface area contributed by atoms with Gasteiger partial charge >= 0.3 is 5.97 Å². The first-order valence-corrected chi connectivity index (χ1v) is 31.1. The van der Waals surface area contributed by atoms with Gasteiger partial charge < -0.3 is 129 Å². The van der Waals surface area contributed by atoms with Crippen LogP contribution in [0.15, 0.2) is 11.6 Å². The fourth-order valence-electron chi connectivity index (χ4n) is 18.4. The molecule has 0 bridgehead atoms. The maximum atomic E-state index is 15.4. The predicted molar refractivity (Wildman–Crippen MR) is 294 cm³/mol. The van der Waals surface area contributed by atoms with E-state index in [4.69, 9.17) is 47.4 Å². The third-order valence-electron chi connectivity index (χ3n) is 23.8. The molecule has 5 saturated heterocycles. The Bertz CT molecular complexity index is 2440. The molecule has 33 unspecified atom stereocenters. The van der Waals surface area contributed by atoms with Crippen molar-refractivity contribution >= 4 is 5.97 Å². The van der Waals surface area contributed by atoms with Crippen molar-refractivity contribution in [1.82, 2.24) is 0 Å². The van der Waals surface area contributed by atoms with Gasteiger partial charge in [0.05, 0.1) is 50.7 Å². The molecule has 9 fully saturated rings. The second kappa shape index (κ2) is 24.8. The molecule has 33 atom stereocenters. The molecule has 87 heavy (non-hydrogen) atoms. The van der Waals surface area contributed by atoms with Crippen molar-refractivity contribution in [3.05, 3.63) is 11.6 Å². The quantitative estimate of drug-likeness (QED) is 0.0463. The summed E-state index contributed by atoms with van der Waals surface area (Å²) in [6, 6.07) is 0. The molecule has 27 nitrogen and oxygen atoms in total. The summed E-state index contributed by atoms with van der Waals surface area (Å²) in [5, 5.41) is 173. The Morgan fingerprint density at radius 1 is 0.540 bits per heavy atom. The SMILES string of the molecule is CC1OC(OC2C(CO)OC(OCC3OC(OC(=O)C45CCC(C)(C)CC4(C)C4=CCC6C7(C)CCC(OC8OCC(O)C(O)C8OC8OC(CO)C(O)C(O)C8O)C(C)(CO)C7CCC6(C)C4(C)CC5)C(O)C(O)C3O)C(O)C2O)C(O)C(O)C1O. The molecule has 0 radical (unpaired) electrons. The second-order valence-corrected chi connectivity index (χ2v) is 29.1. The molecule has 10 aliphatic rings. The smallest absolute Gasteiger partial charge is 0.315 e. The number of carbonyl (C=O) groups excluding carboxylic acids is 1. The van der Waals surface area contributed by atoms with E-state index in [-0.39, 0.29) is 41.3 Å². The molecule has 5 aliphatic heterocycles. The van der Waals surface area contributed by atoms with E-state index in [1.165, 1.54) is 6.92 Å². The summed E-state index contributed by atoms with van der Waals surface area (Å²) in [6.07, 6.45) is -31.5. The molecule has 5 aliphatic carbocycles. The van der Waals surface area contributed by atoms with E-state index in [0.717, 1.165) is 12.0 Å². The Morgan fingerprint density at radius 2 is 1.11 bits per heavy atom. The van der Waals surface area contributed by atoms with Gasteiger partial charge in [0, 0.05) is 10.8 Å². The maximum absolute atomic E-state index is 15.4. The van der Waals surface area contributed by atoms with E-state index < -0.39 is 201 Å². The molecule has 0 aromatic rings. The summed E-state index contributed by atoms with van der Waals surface area (Å²) in [7, 11) is 0. The molecule has 0 aromatic carbocycles. The highest BCUT2D eigenvalue weighted by Gasteiger charge is 2.73. The number of allylic oxidation sites excluding steroid dienone is 2. The summed E-state index contributed by atoms with van der Waals surface area (Å²) < 4.78 is 59.4. The van der Waals surface area contributed by atoms with Crippen LogP contribution in [0.4, 0.5) is 0 Å². The van der Waals surface area contributed by atoms with E-state index in [9.17, 15) is 81.7 Å². The predicted octanol–water partition coefficient (Wildman–Crippen LogP) is -3.18. The third-order valence-corrected chi connectivity index (χ3v) is 23.8. The molecule has 0 spiro atoms. The summed E-state index contributed by atoms with van der Waals surface area (Å²) >= 11 is 0. The minimum absolute atomic E-state index is 0.0830. The van der Waals surface area contributed by atoms with Gasteiger partial charge in [0.1, 0.15) is 110 Å². The fraction of sp³-hybridized carbons (Fsp3) is 0.950. The molecular weight excluding hydrogens is 1150 g/mol. The Hall–Kier alpha value is -1.79. The van der Waals surface area contributed by atoms with Crippen LogP contribution in [-0.4, -0.2) is 274 Å². The zero-order valence-electron chi connectivity index (χ0n) is 50.9. The highest BCUT2D eigenvalue weighted by molar-refractivity contribution is 5.80. The average Bonchev–Trinajstić information content (AvgIpc) is 0.672. The van der Waals surface area contributed by atoms with Crippen molar-refractivity contribution in [2.45, 2.75) is 273 Å². The van der Waals surface area contributed by atoms with Crippen molar-refractivity contribution in [3.8, 4) is 0 Å². The minimum Gasteiger partial charge on any atom is -0.432 e. The lowest BCUT2D eigenvalue weighted by molar-refractivity contribution is -0.368. The number of hydrogen-bond acceptors (Lipinski definition) is 27. The average molecular weight is 1250 g/mol. The molecule has 10 rings (SSSR count). The molecule has 4 saturated carbocycles. The van der Waals surface area contributed by atoms with Crippen LogP contribution in [0.2, 0.25) is 0 Å². The van der Waals surface area contributed by atoms with Crippen LogP contribution in [0.25, 0.3) is 0 Å². The first kappa shape index (κ1) is 68.1. The van der Waals surface area contributed by atoms with Crippen molar-refractivity contribution in [1.29, 1.82) is 0 Å². The van der Waals surface area contributed by atoms with Crippen molar-refractivity contribution in [2.24, 2.45) is 49.7 Å². The van der Waals surface area contributed by atoms with E-state index in [0.29, 0.717) is 57.8 Å². The van der Waals surface area contributed by atoms with E-state index in [1.54, 1.807) is 0 Å².